The van der Waals surface area contributed by atoms with Gasteiger partial charge in [-0.15, -0.1) is 0 Å². The Morgan fingerprint density at radius 2 is 2.00 bits per heavy atom. The van der Waals surface area contributed by atoms with Gasteiger partial charge in [0.25, 0.3) is 0 Å². The number of hydrogen-bond donors (Lipinski definition) is 0. The van der Waals surface area contributed by atoms with Crippen molar-refractivity contribution >= 4 is 16.8 Å². The van der Waals surface area contributed by atoms with Crippen LogP contribution < -0.4 is 0 Å². The molecule has 19 heavy (non-hydrogen) atoms. The Balaban J connectivity index is 2.06. The smallest absolute Gasteiger partial charge is 0.229 e. The summed E-state index contributed by atoms with van der Waals surface area (Å²) in [6.45, 7) is 3.85. The average Bonchev–Trinajstić information content (AvgIpc) is 2.84. The summed E-state index contributed by atoms with van der Waals surface area (Å²) in [4.78, 5) is 16.4. The van der Waals surface area contributed by atoms with Crippen molar-refractivity contribution in [2.45, 2.75) is 13.8 Å². The van der Waals surface area contributed by atoms with E-state index in [9.17, 15) is 4.79 Å². The first kappa shape index (κ1) is 11.7. The molecule has 3 heteroatoms. The van der Waals surface area contributed by atoms with Gasteiger partial charge >= 0.3 is 0 Å². The van der Waals surface area contributed by atoms with Crippen LogP contribution in [0.3, 0.4) is 0 Å². The van der Waals surface area contributed by atoms with E-state index in [0.29, 0.717) is 11.3 Å². The Hall–Kier alpha value is -2.42. The molecule has 0 spiro atoms. The fourth-order valence-corrected chi connectivity index (χ4v) is 2.07. The summed E-state index contributed by atoms with van der Waals surface area (Å²) >= 11 is 0. The highest BCUT2D eigenvalue weighted by molar-refractivity contribution is 6.08. The third-order valence-corrected chi connectivity index (χ3v) is 3.14. The van der Waals surface area contributed by atoms with E-state index in [1.807, 2.05) is 38.1 Å². The first-order valence-electron chi connectivity index (χ1n) is 6.11. The normalized spacial score (nSPS) is 10.8. The number of rotatable bonds is 2. The first-order valence-corrected chi connectivity index (χ1v) is 6.11. The van der Waals surface area contributed by atoms with Crippen LogP contribution in [-0.4, -0.2) is 10.8 Å². The number of nitrogens with zero attached hydrogens (tertiary/aromatic N) is 1. The molecule has 2 aromatic heterocycles. The van der Waals surface area contributed by atoms with Crippen molar-refractivity contribution in [1.82, 2.24) is 4.98 Å². The van der Waals surface area contributed by atoms with E-state index in [4.69, 9.17) is 4.42 Å². The van der Waals surface area contributed by atoms with Crippen LogP contribution >= 0.6 is 0 Å². The summed E-state index contributed by atoms with van der Waals surface area (Å²) < 4.78 is 5.67. The minimum absolute atomic E-state index is 0.136. The Bertz CT molecular complexity index is 754. The summed E-state index contributed by atoms with van der Waals surface area (Å²) in [6, 6.07) is 11.2. The molecule has 0 amide bonds. The Labute approximate surface area is 110 Å². The quantitative estimate of drug-likeness (QED) is 0.652. The van der Waals surface area contributed by atoms with Crippen LogP contribution in [0.2, 0.25) is 0 Å². The van der Waals surface area contributed by atoms with E-state index < -0.39 is 0 Å². The van der Waals surface area contributed by atoms with E-state index in [-0.39, 0.29) is 5.78 Å². The minimum Gasteiger partial charge on any atom is -0.452 e. The Kier molecular flexibility index (Phi) is 2.67. The minimum atomic E-state index is -0.136. The number of carbonyl (C=O) groups excluding carboxylic acids is 1. The van der Waals surface area contributed by atoms with Crippen LogP contribution in [0.1, 0.15) is 27.4 Å². The number of fused-ring (bicyclic) bond motifs is 1. The lowest BCUT2D eigenvalue weighted by Gasteiger charge is -1.97. The van der Waals surface area contributed by atoms with Gasteiger partial charge < -0.3 is 4.42 Å². The number of ketones is 1. The predicted octanol–water partition coefficient (Wildman–Crippen LogP) is 3.68. The molecule has 0 bridgehead atoms. The van der Waals surface area contributed by atoms with Crippen LogP contribution in [0.25, 0.3) is 11.0 Å². The molecule has 0 saturated heterocycles. The standard InChI is InChI=1S/C16H13NO2/c1-10-4-3-5-12-8-14(19-16(10)12)15(18)13-7-6-11(2)17-9-13/h3-9H,1-2H3. The lowest BCUT2D eigenvalue weighted by Crippen LogP contribution is -2.00. The first-order chi connectivity index (χ1) is 9.15. The third-order valence-electron chi connectivity index (χ3n) is 3.14. The number of aryl methyl sites for hydroxylation is 2. The molecule has 0 aliphatic rings. The molecule has 0 aliphatic carbocycles. The topological polar surface area (TPSA) is 43.1 Å². The number of aromatic nitrogens is 1. The van der Waals surface area contributed by atoms with Gasteiger partial charge in [0, 0.05) is 22.8 Å². The van der Waals surface area contributed by atoms with Crippen LogP contribution in [0, 0.1) is 13.8 Å². The fraction of sp³-hybridized carbons (Fsp3) is 0.125. The van der Waals surface area contributed by atoms with Gasteiger partial charge in [-0.25, -0.2) is 0 Å². The van der Waals surface area contributed by atoms with E-state index in [1.54, 1.807) is 18.3 Å². The maximum absolute atomic E-state index is 12.3. The van der Waals surface area contributed by atoms with Crippen molar-refractivity contribution in [2.75, 3.05) is 0 Å². The number of carbonyl (C=O) groups is 1. The molecule has 0 N–H and O–H groups in total. The Morgan fingerprint density at radius 3 is 2.68 bits per heavy atom. The molecule has 3 nitrogen and oxygen atoms in total. The second kappa shape index (κ2) is 4.35. The Morgan fingerprint density at radius 1 is 1.16 bits per heavy atom. The van der Waals surface area contributed by atoms with Crippen molar-refractivity contribution in [3.63, 3.8) is 0 Å². The van der Waals surface area contributed by atoms with Gasteiger partial charge in [0.1, 0.15) is 5.58 Å². The average molecular weight is 251 g/mol. The molecule has 0 aliphatic heterocycles. The van der Waals surface area contributed by atoms with Gasteiger partial charge in [0.2, 0.25) is 5.78 Å². The highest BCUT2D eigenvalue weighted by Crippen LogP contribution is 2.24. The summed E-state index contributed by atoms with van der Waals surface area (Å²) in [5.74, 6) is 0.220. The van der Waals surface area contributed by atoms with Gasteiger partial charge in [-0.05, 0) is 37.6 Å². The third kappa shape index (κ3) is 2.03. The monoisotopic (exact) mass is 251 g/mol. The zero-order valence-electron chi connectivity index (χ0n) is 10.8. The van der Waals surface area contributed by atoms with Crippen LogP contribution in [-0.2, 0) is 0 Å². The molecule has 1 aromatic carbocycles. The van der Waals surface area contributed by atoms with Crippen LogP contribution in [0.5, 0.6) is 0 Å². The number of pyridine rings is 1. The largest absolute Gasteiger partial charge is 0.452 e. The maximum Gasteiger partial charge on any atom is 0.229 e. The van der Waals surface area contributed by atoms with Crippen molar-refractivity contribution in [3.05, 3.63) is 65.2 Å². The van der Waals surface area contributed by atoms with Gasteiger partial charge in [-0.3, -0.25) is 9.78 Å². The highest BCUT2D eigenvalue weighted by Gasteiger charge is 2.15. The zero-order chi connectivity index (χ0) is 13.4. The summed E-state index contributed by atoms with van der Waals surface area (Å²) in [5, 5.41) is 0.948. The van der Waals surface area contributed by atoms with E-state index >= 15 is 0 Å². The summed E-state index contributed by atoms with van der Waals surface area (Å²) in [6.07, 6.45) is 1.58. The van der Waals surface area contributed by atoms with Gasteiger partial charge in [0.15, 0.2) is 5.76 Å². The second-order valence-electron chi connectivity index (χ2n) is 4.62. The predicted molar refractivity (Wildman–Crippen MR) is 73.4 cm³/mol. The molecule has 3 aromatic rings. The second-order valence-corrected chi connectivity index (χ2v) is 4.62. The summed E-state index contributed by atoms with van der Waals surface area (Å²) in [5.41, 5.74) is 3.23. The van der Waals surface area contributed by atoms with Crippen molar-refractivity contribution < 1.29 is 9.21 Å². The number of hydrogen-bond acceptors (Lipinski definition) is 3. The van der Waals surface area contributed by atoms with Gasteiger partial charge in [-0.1, -0.05) is 18.2 Å². The molecule has 94 valence electrons. The molecular weight excluding hydrogens is 238 g/mol. The van der Waals surface area contributed by atoms with Crippen molar-refractivity contribution in [3.8, 4) is 0 Å². The maximum atomic E-state index is 12.3. The molecule has 3 rings (SSSR count). The highest BCUT2D eigenvalue weighted by atomic mass is 16.3. The molecule has 0 unspecified atom stereocenters. The van der Waals surface area contributed by atoms with E-state index in [1.165, 1.54) is 0 Å². The van der Waals surface area contributed by atoms with Crippen LogP contribution in [0.4, 0.5) is 0 Å². The van der Waals surface area contributed by atoms with Crippen molar-refractivity contribution in [1.29, 1.82) is 0 Å². The van der Waals surface area contributed by atoms with Crippen LogP contribution in [0.15, 0.2) is 47.0 Å². The molecule has 0 radical (unpaired) electrons. The zero-order valence-corrected chi connectivity index (χ0v) is 10.8. The van der Waals surface area contributed by atoms with Crippen molar-refractivity contribution in [2.24, 2.45) is 0 Å². The molecule has 2 heterocycles. The number of para-hydroxylation sites is 1. The lowest BCUT2D eigenvalue weighted by atomic mass is 10.1. The number of furan rings is 1. The fourth-order valence-electron chi connectivity index (χ4n) is 2.07. The molecule has 0 atom stereocenters. The van der Waals surface area contributed by atoms with Gasteiger partial charge in [-0.2, -0.15) is 0 Å². The SMILES string of the molecule is Cc1ccc(C(=O)c2cc3cccc(C)c3o2)cn1. The van der Waals surface area contributed by atoms with E-state index in [0.717, 1.165) is 22.2 Å². The molecular formula is C16H13NO2. The molecule has 0 fully saturated rings. The number of benzene rings is 1. The van der Waals surface area contributed by atoms with E-state index in [2.05, 4.69) is 4.98 Å². The molecule has 0 saturated carbocycles. The van der Waals surface area contributed by atoms with Gasteiger partial charge in [0.05, 0.1) is 0 Å². The summed E-state index contributed by atoms with van der Waals surface area (Å²) in [7, 11) is 0. The lowest BCUT2D eigenvalue weighted by molar-refractivity contribution is 0.101.